The van der Waals surface area contributed by atoms with Gasteiger partial charge in [-0.05, 0) is 102 Å². The van der Waals surface area contributed by atoms with Gasteiger partial charge in [-0.3, -0.25) is 4.90 Å². The Bertz CT molecular complexity index is 1410. The molecule has 3 N–H and O–H groups in total. The summed E-state index contributed by atoms with van der Waals surface area (Å²) in [5.41, 5.74) is 9.44. The molecule has 0 amide bonds. The number of nitrogens with two attached hydrogens (primary N) is 1. The van der Waals surface area contributed by atoms with E-state index in [0.29, 0.717) is 23.0 Å². The first-order valence-corrected chi connectivity index (χ1v) is 14.9. The third kappa shape index (κ3) is 5.75. The molecule has 8 nitrogen and oxygen atoms in total. The molecule has 2 heterocycles. The van der Waals surface area contributed by atoms with Crippen LogP contribution in [0.4, 0.5) is 23.1 Å². The molecule has 10 heteroatoms. The van der Waals surface area contributed by atoms with Gasteiger partial charge >= 0.3 is 0 Å². The van der Waals surface area contributed by atoms with Gasteiger partial charge in [0.15, 0.2) is 9.84 Å². The third-order valence-corrected chi connectivity index (χ3v) is 9.21. The van der Waals surface area contributed by atoms with E-state index in [1.54, 1.807) is 43.0 Å². The summed E-state index contributed by atoms with van der Waals surface area (Å²) < 4.78 is 33.3. The van der Waals surface area contributed by atoms with Crippen molar-refractivity contribution in [2.24, 2.45) is 0 Å². The Morgan fingerprint density at radius 1 is 1.11 bits per heavy atom. The highest BCUT2D eigenvalue weighted by Gasteiger charge is 2.30. The van der Waals surface area contributed by atoms with Crippen LogP contribution < -0.4 is 20.7 Å². The average Bonchev–Trinajstić information content (AvgIpc) is 2.88. The molecule has 0 unspecified atom stereocenters. The van der Waals surface area contributed by atoms with Gasteiger partial charge in [0.1, 0.15) is 16.6 Å². The highest BCUT2D eigenvalue weighted by atomic mass is 35.5. The summed E-state index contributed by atoms with van der Waals surface area (Å²) in [6, 6.07) is 11.0. The van der Waals surface area contributed by atoms with Crippen molar-refractivity contribution in [1.29, 1.82) is 0 Å². The lowest BCUT2D eigenvalue weighted by Crippen LogP contribution is -2.27. The first-order chi connectivity index (χ1) is 18.0. The number of ether oxygens (including phenoxy) is 1. The first kappa shape index (κ1) is 28.1. The zero-order valence-electron chi connectivity index (χ0n) is 22.5. The van der Waals surface area contributed by atoms with Gasteiger partial charge in [-0.2, -0.15) is 4.98 Å². The second-order valence-electron chi connectivity index (χ2n) is 10.2. The summed E-state index contributed by atoms with van der Waals surface area (Å²) in [5.74, 6) is 1.32. The van der Waals surface area contributed by atoms with Crippen molar-refractivity contribution < 1.29 is 13.2 Å². The van der Waals surface area contributed by atoms with Crippen LogP contribution in [-0.4, -0.2) is 42.8 Å². The third-order valence-electron chi connectivity index (χ3n) is 6.72. The molecule has 38 heavy (non-hydrogen) atoms. The van der Waals surface area contributed by atoms with Gasteiger partial charge in [-0.15, -0.1) is 0 Å². The highest BCUT2D eigenvalue weighted by molar-refractivity contribution is 7.92. The largest absolute Gasteiger partial charge is 0.489 e. The number of halogens is 1. The number of para-hydroxylation sites is 1. The van der Waals surface area contributed by atoms with Crippen molar-refractivity contribution >= 4 is 44.6 Å². The summed E-state index contributed by atoms with van der Waals surface area (Å²) in [4.78, 5) is 10.8. The van der Waals surface area contributed by atoms with Crippen molar-refractivity contribution in [3.63, 3.8) is 0 Å². The predicted octanol–water partition coefficient (Wildman–Crippen LogP) is 5.93. The Morgan fingerprint density at radius 2 is 1.79 bits per heavy atom. The second-order valence-corrected chi connectivity index (χ2v) is 13.0. The molecule has 0 bridgehead atoms. The molecule has 1 fully saturated rings. The molecule has 1 aromatic heterocycles. The van der Waals surface area contributed by atoms with E-state index >= 15 is 0 Å². The smallest absolute Gasteiger partial charge is 0.236 e. The summed E-state index contributed by atoms with van der Waals surface area (Å²) in [6.07, 6.45) is 3.38. The molecule has 0 saturated carbocycles. The molecule has 204 valence electrons. The molecule has 0 spiro atoms. The van der Waals surface area contributed by atoms with E-state index in [2.05, 4.69) is 28.3 Å². The summed E-state index contributed by atoms with van der Waals surface area (Å²) in [6.45, 7) is 11.3. The van der Waals surface area contributed by atoms with E-state index in [4.69, 9.17) is 22.1 Å². The molecule has 1 aliphatic heterocycles. The van der Waals surface area contributed by atoms with Crippen LogP contribution in [0.25, 0.3) is 0 Å². The topological polar surface area (TPSA) is 110 Å². The molecule has 3 aromatic rings. The van der Waals surface area contributed by atoms with Gasteiger partial charge in [0.2, 0.25) is 5.95 Å². The number of anilines is 4. The van der Waals surface area contributed by atoms with E-state index in [1.165, 1.54) is 11.8 Å². The van der Waals surface area contributed by atoms with E-state index in [-0.39, 0.29) is 27.8 Å². The highest BCUT2D eigenvalue weighted by Crippen LogP contribution is 2.45. The fourth-order valence-corrected chi connectivity index (χ4v) is 6.06. The minimum absolute atomic E-state index is 0.0974. The van der Waals surface area contributed by atoms with E-state index in [0.717, 1.165) is 31.5 Å². The lowest BCUT2D eigenvalue weighted by atomic mass is 9.87. The number of rotatable bonds is 8. The summed E-state index contributed by atoms with van der Waals surface area (Å²) in [7, 11) is -3.66. The summed E-state index contributed by atoms with van der Waals surface area (Å²) >= 11 is 6.16. The molecule has 1 aliphatic rings. The normalized spacial score (nSPS) is 14.7. The first-order valence-electron chi connectivity index (χ1n) is 12.9. The zero-order valence-corrected chi connectivity index (χ0v) is 24.1. The monoisotopic (exact) mass is 557 g/mol. The van der Waals surface area contributed by atoms with E-state index in [9.17, 15) is 8.42 Å². The van der Waals surface area contributed by atoms with Crippen LogP contribution in [0.2, 0.25) is 5.02 Å². The van der Waals surface area contributed by atoms with Gasteiger partial charge in [0.25, 0.3) is 0 Å². The number of nitrogens with one attached hydrogen (secondary N) is 1. The predicted molar refractivity (Wildman–Crippen MR) is 154 cm³/mol. The Kier molecular flexibility index (Phi) is 8.49. The van der Waals surface area contributed by atoms with Crippen LogP contribution in [0.3, 0.4) is 0 Å². The van der Waals surface area contributed by atoms with Crippen LogP contribution in [0.15, 0.2) is 47.5 Å². The lowest BCUT2D eigenvalue weighted by Gasteiger charge is -2.31. The molecular weight excluding hydrogens is 522 g/mol. The Balaban J connectivity index is 2.01. The van der Waals surface area contributed by atoms with E-state index < -0.39 is 15.1 Å². The fourth-order valence-electron chi connectivity index (χ4n) is 4.74. The van der Waals surface area contributed by atoms with Crippen molar-refractivity contribution in [3.05, 3.63) is 58.7 Å². The average molecular weight is 558 g/mol. The van der Waals surface area contributed by atoms with Crippen LogP contribution in [0.1, 0.15) is 57.6 Å². The number of aromatic nitrogens is 2. The van der Waals surface area contributed by atoms with Gasteiger partial charge in [-0.25, -0.2) is 13.4 Å². The maximum absolute atomic E-state index is 13.5. The molecule has 1 saturated heterocycles. The maximum Gasteiger partial charge on any atom is 0.236 e. The Morgan fingerprint density at radius 3 is 2.42 bits per heavy atom. The lowest BCUT2D eigenvalue weighted by molar-refractivity contribution is 0.243. The number of hydrogen-bond donors (Lipinski definition) is 2. The van der Waals surface area contributed by atoms with Crippen molar-refractivity contribution in [2.45, 2.75) is 69.6 Å². The van der Waals surface area contributed by atoms with Crippen LogP contribution in [0.5, 0.6) is 5.75 Å². The summed E-state index contributed by atoms with van der Waals surface area (Å²) in [5, 5.41) is 3.02. The van der Waals surface area contributed by atoms with Crippen LogP contribution >= 0.6 is 11.6 Å². The van der Waals surface area contributed by atoms with Gasteiger partial charge in [-0.1, -0.05) is 23.7 Å². The van der Waals surface area contributed by atoms with Crippen LogP contribution in [-0.2, 0) is 9.84 Å². The number of hydrogen-bond acceptors (Lipinski definition) is 8. The van der Waals surface area contributed by atoms with E-state index in [1.807, 2.05) is 19.9 Å². The van der Waals surface area contributed by atoms with Crippen LogP contribution in [0, 0.1) is 6.92 Å². The fraction of sp³-hybridized carbons (Fsp3) is 0.429. The Hall–Kier alpha value is -2.88. The number of sulfone groups is 1. The molecule has 0 atom stereocenters. The minimum Gasteiger partial charge on any atom is -0.489 e. The number of piperidine rings is 1. The van der Waals surface area contributed by atoms with Crippen molar-refractivity contribution in [1.82, 2.24) is 15.3 Å². The van der Waals surface area contributed by atoms with Gasteiger partial charge < -0.3 is 15.8 Å². The maximum atomic E-state index is 13.5. The number of aryl methyl sites for hydroxylation is 1. The SMILES string of the molecule is Cc1cc(N(c2ncc(Cl)c(N)n2)c2ccccc2S(=O)(=O)C(C)C)c(OC(C)C)cc1C1CCNCC1. The molecule has 0 aliphatic carbocycles. The quantitative estimate of drug-likeness (QED) is 0.351. The second kappa shape index (κ2) is 11.5. The van der Waals surface area contributed by atoms with Crippen molar-refractivity contribution in [3.8, 4) is 5.75 Å². The number of nitrogen functional groups attached to an aromatic ring is 1. The standard InChI is InChI=1S/C28H36ClN5O3S/c1-17(2)37-25-15-21(20-10-12-31-13-11-20)19(5)14-24(25)34(28-32-16-22(29)27(30)33-28)23-8-6-7-9-26(23)38(35,36)18(3)4/h6-9,14-18,20,31H,10-13H2,1-5H3,(H2,30,32,33). The van der Waals surface area contributed by atoms with Gasteiger partial charge in [0, 0.05) is 0 Å². The molecule has 4 rings (SSSR count). The van der Waals surface area contributed by atoms with Gasteiger partial charge in [0.05, 0.1) is 33.8 Å². The van der Waals surface area contributed by atoms with Crippen molar-refractivity contribution in [2.75, 3.05) is 23.7 Å². The molecule has 2 aromatic carbocycles. The number of nitrogens with zero attached hydrogens (tertiary/aromatic N) is 3. The molecule has 0 radical (unpaired) electrons. The Labute approximate surface area is 230 Å². The molecular formula is C28H36ClN5O3S. The zero-order chi connectivity index (χ0) is 27.6. The minimum atomic E-state index is -3.66. The number of benzene rings is 2.